The maximum absolute atomic E-state index is 10.8. The number of allylic oxidation sites excluding steroid dienone is 1. The molecule has 0 rings (SSSR count). The first-order valence-electron chi connectivity index (χ1n) is 3.57. The Morgan fingerprint density at radius 2 is 2.36 bits per heavy atom. The van der Waals surface area contributed by atoms with Crippen LogP contribution in [0.15, 0.2) is 12.7 Å². The van der Waals surface area contributed by atoms with Crippen LogP contribution in [-0.4, -0.2) is 19.1 Å². The summed E-state index contributed by atoms with van der Waals surface area (Å²) in [4.78, 5) is 10.8. The molecule has 0 bridgehead atoms. The first-order chi connectivity index (χ1) is 5.13. The second-order valence-corrected chi connectivity index (χ2v) is 2.55. The molecule has 3 heteroatoms. The van der Waals surface area contributed by atoms with Gasteiger partial charge >= 0.3 is 5.97 Å². The van der Waals surface area contributed by atoms with Crippen LogP contribution in [0.4, 0.5) is 0 Å². The molecule has 2 unspecified atom stereocenters. The van der Waals surface area contributed by atoms with Crippen LogP contribution in [-0.2, 0) is 9.53 Å². The van der Waals surface area contributed by atoms with Gasteiger partial charge in [-0.3, -0.25) is 4.79 Å². The van der Waals surface area contributed by atoms with Gasteiger partial charge in [-0.2, -0.15) is 0 Å². The highest BCUT2D eigenvalue weighted by Gasteiger charge is 2.19. The second-order valence-electron chi connectivity index (χ2n) is 2.55. The molecule has 0 aromatic rings. The molecule has 11 heavy (non-hydrogen) atoms. The Morgan fingerprint density at radius 1 is 1.82 bits per heavy atom. The van der Waals surface area contributed by atoms with E-state index in [9.17, 15) is 4.79 Å². The van der Waals surface area contributed by atoms with E-state index in [1.807, 2.05) is 6.92 Å². The standard InChI is InChI=1S/C8H15NO2/c1-4-5-6(2)7(9)8(10)11-3/h4,6-7H,1,5,9H2,2-3H3. The van der Waals surface area contributed by atoms with E-state index in [1.54, 1.807) is 6.08 Å². The first kappa shape index (κ1) is 10.2. The SMILES string of the molecule is C=CCC(C)C(N)C(=O)OC. The van der Waals surface area contributed by atoms with Crippen LogP contribution >= 0.6 is 0 Å². The van der Waals surface area contributed by atoms with Crippen molar-refractivity contribution in [2.75, 3.05) is 7.11 Å². The number of carbonyl (C=O) groups is 1. The molecule has 0 radical (unpaired) electrons. The van der Waals surface area contributed by atoms with Gasteiger partial charge in [-0.15, -0.1) is 6.58 Å². The topological polar surface area (TPSA) is 52.3 Å². The Kier molecular flexibility index (Phi) is 4.54. The second kappa shape index (κ2) is 4.91. The lowest BCUT2D eigenvalue weighted by molar-refractivity contribution is -0.143. The summed E-state index contributed by atoms with van der Waals surface area (Å²) in [7, 11) is 1.34. The molecule has 0 saturated carbocycles. The van der Waals surface area contributed by atoms with Gasteiger partial charge < -0.3 is 10.5 Å². The van der Waals surface area contributed by atoms with Crippen LogP contribution in [0.25, 0.3) is 0 Å². The summed E-state index contributed by atoms with van der Waals surface area (Å²) >= 11 is 0. The summed E-state index contributed by atoms with van der Waals surface area (Å²) in [6.45, 7) is 5.45. The molecule has 0 aliphatic carbocycles. The lowest BCUT2D eigenvalue weighted by atomic mass is 9.99. The fraction of sp³-hybridized carbons (Fsp3) is 0.625. The number of hydrogen-bond donors (Lipinski definition) is 1. The number of hydrogen-bond acceptors (Lipinski definition) is 3. The summed E-state index contributed by atoms with van der Waals surface area (Å²) in [5, 5.41) is 0. The number of carbonyl (C=O) groups excluding carboxylic acids is 1. The van der Waals surface area contributed by atoms with E-state index in [2.05, 4.69) is 11.3 Å². The highest BCUT2D eigenvalue weighted by Crippen LogP contribution is 2.07. The third-order valence-electron chi connectivity index (χ3n) is 1.62. The lowest BCUT2D eigenvalue weighted by Gasteiger charge is -2.15. The van der Waals surface area contributed by atoms with Crippen molar-refractivity contribution in [3.05, 3.63) is 12.7 Å². The number of rotatable bonds is 4. The van der Waals surface area contributed by atoms with Gasteiger partial charge in [-0.25, -0.2) is 0 Å². The van der Waals surface area contributed by atoms with Gasteiger partial charge in [0.05, 0.1) is 7.11 Å². The van der Waals surface area contributed by atoms with Gasteiger partial charge in [-0.1, -0.05) is 13.0 Å². The van der Waals surface area contributed by atoms with E-state index in [0.29, 0.717) is 0 Å². The molecule has 0 fully saturated rings. The molecule has 0 saturated heterocycles. The molecule has 0 aromatic heterocycles. The van der Waals surface area contributed by atoms with Crippen molar-refractivity contribution in [3.63, 3.8) is 0 Å². The summed E-state index contributed by atoms with van der Waals surface area (Å²) in [5.41, 5.74) is 5.54. The van der Waals surface area contributed by atoms with Crippen molar-refractivity contribution in [2.45, 2.75) is 19.4 Å². The van der Waals surface area contributed by atoms with E-state index in [0.717, 1.165) is 6.42 Å². The number of ether oxygens (including phenoxy) is 1. The van der Waals surface area contributed by atoms with Crippen molar-refractivity contribution >= 4 is 5.97 Å². The van der Waals surface area contributed by atoms with Crippen molar-refractivity contribution in [2.24, 2.45) is 11.7 Å². The van der Waals surface area contributed by atoms with Crippen LogP contribution in [0.2, 0.25) is 0 Å². The molecule has 2 atom stereocenters. The molecular weight excluding hydrogens is 142 g/mol. The van der Waals surface area contributed by atoms with E-state index < -0.39 is 6.04 Å². The van der Waals surface area contributed by atoms with Crippen LogP contribution < -0.4 is 5.73 Å². The van der Waals surface area contributed by atoms with E-state index in [4.69, 9.17) is 5.73 Å². The third-order valence-corrected chi connectivity index (χ3v) is 1.62. The highest BCUT2D eigenvalue weighted by molar-refractivity contribution is 5.75. The van der Waals surface area contributed by atoms with E-state index in [1.165, 1.54) is 7.11 Å². The van der Waals surface area contributed by atoms with E-state index >= 15 is 0 Å². The molecule has 64 valence electrons. The van der Waals surface area contributed by atoms with Gasteiger partial charge in [0.15, 0.2) is 0 Å². The maximum atomic E-state index is 10.8. The first-order valence-corrected chi connectivity index (χ1v) is 3.57. The Hall–Kier alpha value is -0.830. The third kappa shape index (κ3) is 3.18. The number of nitrogens with two attached hydrogens (primary N) is 1. The van der Waals surface area contributed by atoms with Gasteiger partial charge in [0.2, 0.25) is 0 Å². The lowest BCUT2D eigenvalue weighted by Crippen LogP contribution is -2.37. The zero-order valence-corrected chi connectivity index (χ0v) is 7.04. The largest absolute Gasteiger partial charge is 0.468 e. The summed E-state index contributed by atoms with van der Waals surface area (Å²) < 4.78 is 4.48. The van der Waals surface area contributed by atoms with Crippen LogP contribution in [0.1, 0.15) is 13.3 Å². The van der Waals surface area contributed by atoms with Crippen molar-refractivity contribution in [1.29, 1.82) is 0 Å². The zero-order valence-electron chi connectivity index (χ0n) is 7.04. The van der Waals surface area contributed by atoms with Gasteiger partial charge in [0, 0.05) is 0 Å². The minimum atomic E-state index is -0.530. The van der Waals surface area contributed by atoms with Gasteiger partial charge in [-0.05, 0) is 12.3 Å². The molecule has 3 nitrogen and oxygen atoms in total. The fourth-order valence-corrected chi connectivity index (χ4v) is 0.778. The smallest absolute Gasteiger partial charge is 0.322 e. The van der Waals surface area contributed by atoms with Gasteiger partial charge in [0.1, 0.15) is 6.04 Å². The minimum Gasteiger partial charge on any atom is -0.468 e. The molecule has 0 spiro atoms. The Morgan fingerprint density at radius 3 is 2.73 bits per heavy atom. The quantitative estimate of drug-likeness (QED) is 0.482. The van der Waals surface area contributed by atoms with Crippen molar-refractivity contribution < 1.29 is 9.53 Å². The predicted molar refractivity (Wildman–Crippen MR) is 44.0 cm³/mol. The summed E-state index contributed by atoms with van der Waals surface area (Å²) in [6.07, 6.45) is 2.48. The maximum Gasteiger partial charge on any atom is 0.322 e. The molecule has 0 aromatic carbocycles. The summed E-state index contributed by atoms with van der Waals surface area (Å²) in [6, 6.07) is -0.530. The van der Waals surface area contributed by atoms with Crippen LogP contribution in [0.3, 0.4) is 0 Å². The highest BCUT2D eigenvalue weighted by atomic mass is 16.5. The molecular formula is C8H15NO2. The fourth-order valence-electron chi connectivity index (χ4n) is 0.778. The normalized spacial score (nSPS) is 15.2. The molecule has 0 amide bonds. The average molecular weight is 157 g/mol. The molecule has 0 aliphatic rings. The summed E-state index contributed by atoms with van der Waals surface area (Å²) in [5.74, 6) is -0.265. The zero-order chi connectivity index (χ0) is 8.85. The number of methoxy groups -OCH3 is 1. The van der Waals surface area contributed by atoms with Crippen molar-refractivity contribution in [1.82, 2.24) is 0 Å². The molecule has 0 heterocycles. The van der Waals surface area contributed by atoms with Crippen LogP contribution in [0.5, 0.6) is 0 Å². The molecule has 2 N–H and O–H groups in total. The Balaban J connectivity index is 3.89. The monoisotopic (exact) mass is 157 g/mol. The van der Waals surface area contributed by atoms with Crippen LogP contribution in [0, 0.1) is 5.92 Å². The predicted octanol–water partition coefficient (Wildman–Crippen LogP) is 0.699. The minimum absolute atomic E-state index is 0.0972. The average Bonchev–Trinajstić information content (AvgIpc) is 2.02. The van der Waals surface area contributed by atoms with Crippen molar-refractivity contribution in [3.8, 4) is 0 Å². The van der Waals surface area contributed by atoms with E-state index in [-0.39, 0.29) is 11.9 Å². The Bertz CT molecular complexity index is 145. The Labute approximate surface area is 67.2 Å². The molecule has 0 aliphatic heterocycles. The number of esters is 1. The van der Waals surface area contributed by atoms with Gasteiger partial charge in [0.25, 0.3) is 0 Å².